The Morgan fingerprint density at radius 3 is 0.604 bits per heavy atom. The number of hydrogen-bond acceptors (Lipinski definition) is 8. The summed E-state index contributed by atoms with van der Waals surface area (Å²) in [6, 6.07) is 94.6. The highest BCUT2D eigenvalue weighted by atomic mass is 16.5. The van der Waals surface area contributed by atoms with E-state index in [4.69, 9.17) is 47.1 Å². The Morgan fingerprint density at radius 1 is 0.287 bits per heavy atom. The van der Waals surface area contributed by atoms with Crippen molar-refractivity contribution in [2.75, 3.05) is 13.7 Å². The molecule has 0 spiro atoms. The average Bonchev–Trinajstić information content (AvgIpc) is 0.857. The second-order valence-electron chi connectivity index (χ2n) is 21.6. The van der Waals surface area contributed by atoms with Gasteiger partial charge in [-0.15, -0.1) is 0 Å². The van der Waals surface area contributed by atoms with Crippen molar-refractivity contribution in [3.05, 3.63) is 445 Å². The third-order valence-corrected chi connectivity index (χ3v) is 14.4. The van der Waals surface area contributed by atoms with Crippen LogP contribution in [0.5, 0.6) is 0 Å². The van der Waals surface area contributed by atoms with Crippen molar-refractivity contribution in [1.29, 1.82) is 0 Å². The van der Waals surface area contributed by atoms with Crippen LogP contribution in [-0.4, -0.2) is 49.3 Å². The van der Waals surface area contributed by atoms with Gasteiger partial charge >= 0.3 is 17.9 Å². The molecule has 0 saturated carbocycles. The molecule has 10 rings (SSSR count). The molecule has 0 heterocycles. The van der Waals surface area contributed by atoms with Crippen molar-refractivity contribution in [2.24, 2.45) is 0 Å². The lowest BCUT2D eigenvalue weighted by Crippen LogP contribution is -2.13. The molecule has 13 heteroatoms. The van der Waals surface area contributed by atoms with E-state index in [1.54, 1.807) is 20.8 Å². The first-order valence-corrected chi connectivity index (χ1v) is 31.8. The van der Waals surface area contributed by atoms with Crippen LogP contribution in [0, 0.1) is 32.9 Å². The molecule has 0 saturated heterocycles. The van der Waals surface area contributed by atoms with Crippen molar-refractivity contribution in [3.63, 3.8) is 0 Å². The van der Waals surface area contributed by atoms with E-state index < -0.39 is 17.9 Å². The summed E-state index contributed by atoms with van der Waals surface area (Å²) < 4.78 is 14.9. The van der Waals surface area contributed by atoms with Crippen molar-refractivity contribution in [1.82, 2.24) is 0 Å². The van der Waals surface area contributed by atoms with Crippen molar-refractivity contribution in [3.8, 4) is 0 Å². The van der Waals surface area contributed by atoms with Crippen LogP contribution in [0.4, 0.5) is 0 Å². The summed E-state index contributed by atoms with van der Waals surface area (Å²) in [7, 11) is 1.28. The third kappa shape index (κ3) is 22.3. The molecule has 0 fully saturated rings. The molecule has 0 unspecified atom stereocenters. The van der Waals surface area contributed by atoms with Crippen molar-refractivity contribution < 1.29 is 38.2 Å². The Labute approximate surface area is 591 Å². The number of hydrogen-bond donors (Lipinski definition) is 0. The van der Waals surface area contributed by atoms with Gasteiger partial charge in [0.25, 0.3) is 17.1 Å². The summed E-state index contributed by atoms with van der Waals surface area (Å²) >= 11 is 0. The second kappa shape index (κ2) is 41.1. The molecule has 10 aromatic rings. The SMILES string of the molecule is [C-]#[N+]C(C(=O)OC(C)C)=C(c1ccccc1)c1ccccc1.[C-]#[N+]C(C(=O)OC)=C(c1ccccc1)c1ccccc1.[C-]#[N+]C(C(=O)OCC)=C(c1ccccc1)c1ccccc1.[C-]#[N+]C(C(C)=O)=C(c1ccccc1)c1ccccc1.[C-]#[N+]C(C(C)=O)=C(c1ccccc1)c1ccccc1. The van der Waals surface area contributed by atoms with E-state index in [0.717, 1.165) is 55.6 Å². The Bertz CT molecular complexity index is 4470. The van der Waals surface area contributed by atoms with Gasteiger partial charge in [0.1, 0.15) is 0 Å². The van der Waals surface area contributed by atoms with Crippen LogP contribution in [-0.2, 0) is 38.2 Å². The Hall–Kier alpha value is -13.9. The maximum Gasteiger partial charge on any atom is 0.337 e. The Balaban J connectivity index is 0.000000199. The van der Waals surface area contributed by atoms with Crippen LogP contribution in [0.3, 0.4) is 0 Å². The number of esters is 3. The van der Waals surface area contributed by atoms with E-state index in [-0.39, 0.29) is 52.8 Å². The molecule has 0 N–H and O–H groups in total. The van der Waals surface area contributed by atoms with Gasteiger partial charge in [0.15, 0.2) is 11.6 Å². The van der Waals surface area contributed by atoms with Crippen LogP contribution in [0.2, 0.25) is 0 Å². The van der Waals surface area contributed by atoms with Crippen LogP contribution >= 0.6 is 0 Å². The van der Waals surface area contributed by atoms with Crippen LogP contribution in [0.15, 0.2) is 332 Å². The first-order valence-electron chi connectivity index (χ1n) is 31.8. The lowest BCUT2D eigenvalue weighted by Gasteiger charge is -2.13. The van der Waals surface area contributed by atoms with Crippen LogP contribution in [0.25, 0.3) is 52.1 Å². The molecule has 0 radical (unpaired) electrons. The molecular formula is C88H71N5O8. The molecule has 0 aliphatic carbocycles. The van der Waals surface area contributed by atoms with Gasteiger partial charge in [0.2, 0.25) is 11.4 Å². The molecule has 10 aromatic carbocycles. The topological polar surface area (TPSA) is 135 Å². The van der Waals surface area contributed by atoms with Gasteiger partial charge < -0.3 is 23.8 Å². The highest BCUT2D eigenvalue weighted by molar-refractivity contribution is 6.08. The number of allylic oxidation sites excluding steroid dienone is 2. The normalized spacial score (nSPS) is 9.56. The predicted molar refractivity (Wildman–Crippen MR) is 399 cm³/mol. The zero-order chi connectivity index (χ0) is 72.7. The standard InChI is InChI=1S/C19H17NO2.C18H15NO2.C17H13NO2.2C17H13NO/c1-14(2)22-19(21)18(20-3)17(15-10-6-4-7-11-15)16-12-8-5-9-13-16;1-3-21-18(20)17(19-2)16(14-10-6-4-7-11-14)15-12-8-5-9-13-15;1-18-16(17(19)20-2)15(13-9-5-3-6-10-13)14-11-7-4-8-12-14;2*1-13(19)17(18-2)16(14-9-5-3-6-10-14)15-11-7-4-8-12-15/h4-14H,1-2H3;4-13H,3H2,1H3;3-12H,2H3;2*3-12H,1H3. The highest BCUT2D eigenvalue weighted by Crippen LogP contribution is 2.33. The number of benzene rings is 10. The largest absolute Gasteiger partial charge is 0.474 e. The number of ether oxygens (including phenoxy) is 3. The van der Waals surface area contributed by atoms with Crippen molar-refractivity contribution in [2.45, 2.75) is 40.7 Å². The van der Waals surface area contributed by atoms with E-state index in [9.17, 15) is 24.0 Å². The molecule has 496 valence electrons. The fraction of sp³-hybridized carbons (Fsp3) is 0.0909. The average molecular weight is 1330 g/mol. The monoisotopic (exact) mass is 1330 g/mol. The molecule has 0 bridgehead atoms. The molecule has 0 aliphatic rings. The van der Waals surface area contributed by atoms with E-state index in [0.29, 0.717) is 27.9 Å². The fourth-order valence-electron chi connectivity index (χ4n) is 10.0. The summed E-state index contributed by atoms with van der Waals surface area (Å²) in [5, 5.41) is 0. The summed E-state index contributed by atoms with van der Waals surface area (Å²) in [4.78, 5) is 76.6. The summed E-state index contributed by atoms with van der Waals surface area (Å²) in [5.74, 6) is -2.22. The molecule has 101 heavy (non-hydrogen) atoms. The van der Waals surface area contributed by atoms with E-state index >= 15 is 0 Å². The van der Waals surface area contributed by atoms with Gasteiger partial charge in [0.05, 0.1) is 52.7 Å². The second-order valence-corrected chi connectivity index (χ2v) is 21.6. The lowest BCUT2D eigenvalue weighted by molar-refractivity contribution is -0.142. The first-order chi connectivity index (χ1) is 49.2. The number of rotatable bonds is 17. The zero-order valence-corrected chi connectivity index (χ0v) is 56.7. The molecule has 0 aromatic heterocycles. The maximum atomic E-state index is 12.3. The zero-order valence-electron chi connectivity index (χ0n) is 56.7. The van der Waals surface area contributed by atoms with E-state index in [2.05, 4.69) is 24.2 Å². The van der Waals surface area contributed by atoms with E-state index in [1.165, 1.54) is 21.0 Å². The first kappa shape index (κ1) is 76.1. The van der Waals surface area contributed by atoms with Crippen LogP contribution < -0.4 is 0 Å². The quantitative estimate of drug-likeness (QED) is 0.0381. The van der Waals surface area contributed by atoms with Crippen LogP contribution in [0.1, 0.15) is 90.3 Å². The van der Waals surface area contributed by atoms with Gasteiger partial charge in [0, 0.05) is 16.7 Å². The molecular weight excluding hydrogens is 1250 g/mol. The minimum absolute atomic E-state index is 0.00565. The minimum atomic E-state index is -0.622. The maximum absolute atomic E-state index is 12.3. The molecule has 0 amide bonds. The molecule has 0 aliphatic heterocycles. The summed E-state index contributed by atoms with van der Waals surface area (Å²) in [5.41, 5.74) is 12.0. The number of nitrogens with zero attached hydrogens (tertiary/aromatic N) is 5. The number of carbonyl (C=O) groups is 5. The lowest BCUT2D eigenvalue weighted by atomic mass is 9.95. The van der Waals surface area contributed by atoms with Gasteiger partial charge in [-0.3, -0.25) is 14.4 Å². The third-order valence-electron chi connectivity index (χ3n) is 14.4. The minimum Gasteiger partial charge on any atom is -0.474 e. The van der Waals surface area contributed by atoms with E-state index in [1.807, 2.05) is 303 Å². The van der Waals surface area contributed by atoms with Gasteiger partial charge in [-0.1, -0.05) is 303 Å². The van der Waals surface area contributed by atoms with Gasteiger partial charge in [-0.2, -0.15) is 0 Å². The van der Waals surface area contributed by atoms with Crippen molar-refractivity contribution >= 4 is 57.3 Å². The van der Waals surface area contributed by atoms with Gasteiger partial charge in [-0.25, -0.2) is 24.2 Å². The smallest absolute Gasteiger partial charge is 0.337 e. The summed E-state index contributed by atoms with van der Waals surface area (Å²) in [6.45, 7) is 45.0. The Morgan fingerprint density at radius 2 is 0.455 bits per heavy atom. The number of methoxy groups -OCH3 is 1. The summed E-state index contributed by atoms with van der Waals surface area (Å²) in [6.07, 6.45) is -0.267. The molecule has 13 nitrogen and oxygen atoms in total. The highest BCUT2D eigenvalue weighted by Gasteiger charge is 2.24. The predicted octanol–water partition coefficient (Wildman–Crippen LogP) is 19.7. The fourth-order valence-corrected chi connectivity index (χ4v) is 10.0. The number of ketones is 2. The van der Waals surface area contributed by atoms with Gasteiger partial charge in [-0.05, 0) is 101 Å². The Kier molecular flexibility index (Phi) is 31.0. The number of Topliss-reactive ketones (excluding diaryl/α,β-unsaturated/α-hetero) is 2. The molecule has 0 atom stereocenters. The number of carbonyl (C=O) groups excluding carboxylic acids is 5.